The normalized spacial score (nSPS) is 20.2. The van der Waals surface area contributed by atoms with Gasteiger partial charge in [0.05, 0.1) is 91.1 Å². The highest BCUT2D eigenvalue weighted by Gasteiger charge is 2.46. The van der Waals surface area contributed by atoms with E-state index in [1.54, 1.807) is 42.5 Å². The van der Waals surface area contributed by atoms with Crippen molar-refractivity contribution in [3.05, 3.63) is 148 Å². The van der Waals surface area contributed by atoms with Crippen molar-refractivity contribution in [1.29, 1.82) is 0 Å². The van der Waals surface area contributed by atoms with Gasteiger partial charge < -0.3 is 88.7 Å². The van der Waals surface area contributed by atoms with E-state index in [0.717, 1.165) is 35.3 Å². The maximum atomic E-state index is 13.9. The molecule has 590 valence electrons. The molecule has 108 heavy (non-hydrogen) atoms. The molecule has 0 bridgehead atoms. The topological polar surface area (TPSA) is 348 Å². The van der Waals surface area contributed by atoms with Crippen molar-refractivity contribution in [2.75, 3.05) is 97.8 Å². The third-order valence-electron chi connectivity index (χ3n) is 18.1. The smallest absolute Gasteiger partial charge is 0.417 e. The summed E-state index contributed by atoms with van der Waals surface area (Å²) < 4.78 is 164. The van der Waals surface area contributed by atoms with Crippen molar-refractivity contribution < 1.29 is 107 Å². The highest BCUT2D eigenvalue weighted by atomic mass is 79.9. The van der Waals surface area contributed by atoms with E-state index in [1.807, 2.05) is 65.1 Å². The summed E-state index contributed by atoms with van der Waals surface area (Å²) in [4.78, 5) is 34.2. The number of amides is 2. The van der Waals surface area contributed by atoms with E-state index in [-0.39, 0.29) is 106 Å². The third-order valence-corrected chi connectivity index (χ3v) is 22.3. The summed E-state index contributed by atoms with van der Waals surface area (Å²) in [6.07, 6.45) is -4.86. The number of hydrogen-bond donors (Lipinski definition) is 6. The fourth-order valence-corrected chi connectivity index (χ4v) is 16.0. The molecule has 4 fully saturated rings. The Bertz CT molecular complexity index is 4090. The summed E-state index contributed by atoms with van der Waals surface area (Å²) in [5.74, 6) is 2.77. The van der Waals surface area contributed by atoms with Crippen LogP contribution in [-0.4, -0.2) is 199 Å². The molecule has 4 aromatic carbocycles. The van der Waals surface area contributed by atoms with E-state index in [9.17, 15) is 49.8 Å². The van der Waals surface area contributed by atoms with Crippen LogP contribution in [0.4, 0.5) is 28.6 Å². The molecule has 10 atom stereocenters. The average molecular weight is 1620 g/mol. The zero-order valence-electron chi connectivity index (χ0n) is 60.6. The maximum Gasteiger partial charge on any atom is 0.417 e. The van der Waals surface area contributed by atoms with Gasteiger partial charge in [0.1, 0.15) is 34.1 Å². The first-order valence-corrected chi connectivity index (χ1v) is 39.4. The number of sulfonamides is 2. The van der Waals surface area contributed by atoms with E-state index >= 15 is 0 Å². The van der Waals surface area contributed by atoms with Crippen LogP contribution in [0.25, 0.3) is 0 Å². The molecule has 2 amide bonds. The second-order valence-electron chi connectivity index (χ2n) is 27.4. The van der Waals surface area contributed by atoms with Crippen molar-refractivity contribution in [3.63, 3.8) is 0 Å². The van der Waals surface area contributed by atoms with Crippen LogP contribution in [0.3, 0.4) is 0 Å². The van der Waals surface area contributed by atoms with E-state index < -0.39 is 86.8 Å². The van der Waals surface area contributed by atoms with E-state index in [2.05, 4.69) is 41.8 Å². The van der Waals surface area contributed by atoms with E-state index in [0.29, 0.717) is 98.2 Å². The number of rotatable bonds is 32. The van der Waals surface area contributed by atoms with Crippen LogP contribution in [0.2, 0.25) is 0 Å². The van der Waals surface area contributed by atoms with Crippen LogP contribution in [-0.2, 0) is 67.5 Å². The number of ether oxygens (including phenoxy) is 12. The van der Waals surface area contributed by atoms with Crippen LogP contribution in [0, 0.1) is 30.6 Å². The fraction of sp³-hybridized carbons (Fsp3) is 0.514. The quantitative estimate of drug-likeness (QED) is 0.0169. The molecule has 6 aromatic rings. The first-order valence-electron chi connectivity index (χ1n) is 35.7. The molecule has 0 unspecified atom stereocenters. The van der Waals surface area contributed by atoms with Gasteiger partial charge in [-0.2, -0.15) is 21.8 Å². The number of hydrogen-bond acceptors (Lipinski definition) is 24. The van der Waals surface area contributed by atoms with Gasteiger partial charge in [-0.05, 0) is 163 Å². The minimum atomic E-state index is -4.45. The second kappa shape index (κ2) is 38.7. The predicted molar refractivity (Wildman–Crippen MR) is 390 cm³/mol. The van der Waals surface area contributed by atoms with Crippen molar-refractivity contribution in [3.8, 4) is 34.5 Å². The van der Waals surface area contributed by atoms with Crippen molar-refractivity contribution in [2.45, 2.75) is 138 Å². The molecule has 8 heterocycles. The number of anilines is 1. The predicted octanol–water partition coefficient (Wildman–Crippen LogP) is 9.22. The first-order chi connectivity index (χ1) is 51.7. The largest absolute Gasteiger partial charge is 0.494 e. The van der Waals surface area contributed by atoms with Gasteiger partial charge in [-0.25, -0.2) is 36.4 Å². The molecule has 0 aliphatic carbocycles. The number of aryl methyl sites for hydroxylation is 1. The number of aliphatic hydroxyl groups is 2. The molecular formula is C74H94BrF3N8O20S2. The molecule has 0 radical (unpaired) electrons. The molecule has 0 spiro atoms. The standard InChI is InChI=1S/C37H45F3N4O10S.C31H43N3O10S.C6H6BrN/c1-23(2)19-44(55(47,48)27-9-10-31-32(17-27)53-22-52-31)20-30(45)29(43-36(46)54-33-21-51-35-28(33)12-15-50-35)16-24-4-7-26(8-5-24)49-14-3-13-41-34-11-6-25(18-42-34)37(38,39)40;1-20(2)16-34(45(37,38)23-8-9-27-28(15-23)43-19-42-27)17-26(35)25(14-21-4-6-22(7-5-21)39-12-3-11-32)33-31(36)44-29-18-41-30-24(29)10-13-40-30;1-5-2-3-6(7)8-4-5/h4-11,17-18,23,28-30,33,35,45H,3,12-16,19-22H2,1-2H3,(H,41,42)(H,43,46);4-9,15,20,24-26,29-30,35H,3,10-14,16-19,32H2,1-2H3,(H,33,36);2-4H,1H3/t28-,29-,30+,33-,35+;24-,25-,26+,29-,30+;/m00./s1. The van der Waals surface area contributed by atoms with Crippen molar-refractivity contribution >= 4 is 54.0 Å². The minimum Gasteiger partial charge on any atom is -0.494 e. The molecule has 7 N–H and O–H groups in total. The average Bonchev–Trinajstić information content (AvgIpc) is 1.52. The lowest BCUT2D eigenvalue weighted by atomic mass is 10.0. The van der Waals surface area contributed by atoms with Crippen LogP contribution in [0.5, 0.6) is 34.5 Å². The van der Waals surface area contributed by atoms with Gasteiger partial charge in [-0.3, -0.25) is 0 Å². The Morgan fingerprint density at radius 2 is 1.08 bits per heavy atom. The summed E-state index contributed by atoms with van der Waals surface area (Å²) in [7, 11) is -8.17. The number of fused-ring (bicyclic) bond motifs is 4. The highest BCUT2D eigenvalue weighted by molar-refractivity contribution is 9.10. The lowest BCUT2D eigenvalue weighted by Gasteiger charge is -2.31. The summed E-state index contributed by atoms with van der Waals surface area (Å²) in [5.41, 5.74) is 7.43. The molecular weight excluding hydrogens is 1520 g/mol. The Kier molecular flexibility index (Phi) is 29.6. The number of nitrogens with one attached hydrogen (secondary N) is 3. The van der Waals surface area contributed by atoms with Crippen LogP contribution in [0.15, 0.2) is 136 Å². The van der Waals surface area contributed by atoms with E-state index in [1.165, 1.54) is 50.6 Å². The van der Waals surface area contributed by atoms with Gasteiger partial charge in [-0.1, -0.05) is 58.0 Å². The van der Waals surface area contributed by atoms with Crippen LogP contribution in [0.1, 0.15) is 75.6 Å². The molecule has 12 rings (SSSR count). The number of alkyl carbamates (subject to hydrolysis) is 2. The SMILES string of the molecule is CC(C)CN(C[C@@H](O)[C@H](Cc1ccc(OCCCN)cc1)NC(=O)O[C@H]1CO[C@H]2OCC[C@H]21)S(=O)(=O)c1ccc2c(c1)OCO2.CC(C)CN(C[C@@H](O)[C@H](Cc1ccc(OCCCNc2ccc(C(F)(F)F)cn2)cc1)NC(=O)O[C@H]1CO[C@H]2OCC[C@H]21)S(=O)(=O)c1ccc2c(c1)OCO2.Cc1ccc(Br)nc1. The van der Waals surface area contributed by atoms with E-state index in [4.69, 9.17) is 62.6 Å². The van der Waals surface area contributed by atoms with Crippen LogP contribution < -0.4 is 50.1 Å². The molecule has 6 aliphatic rings. The number of aliphatic hydroxyl groups excluding tert-OH is 2. The van der Waals surface area contributed by atoms with Crippen molar-refractivity contribution in [2.24, 2.45) is 29.4 Å². The molecule has 34 heteroatoms. The number of carbonyl (C=O) groups excluding carboxylic acids is 2. The monoisotopic (exact) mass is 1610 g/mol. The third kappa shape index (κ3) is 23.3. The molecule has 4 saturated heterocycles. The number of nitrogens with zero attached hydrogens (tertiary/aromatic N) is 4. The number of aromatic nitrogens is 2. The van der Waals surface area contributed by atoms with Gasteiger partial charge in [0, 0.05) is 57.3 Å². The fourth-order valence-electron chi connectivity index (χ4n) is 12.5. The van der Waals surface area contributed by atoms with Gasteiger partial charge in [0.15, 0.2) is 35.6 Å². The van der Waals surface area contributed by atoms with Crippen LogP contribution >= 0.6 is 15.9 Å². The number of halogens is 4. The number of nitrogens with two attached hydrogens (primary N) is 1. The summed E-state index contributed by atoms with van der Waals surface area (Å²) in [6, 6.07) is 27.4. The number of benzene rings is 4. The Hall–Kier alpha value is -7.87. The Morgan fingerprint density at radius 1 is 0.611 bits per heavy atom. The maximum absolute atomic E-state index is 13.9. The van der Waals surface area contributed by atoms with Gasteiger partial charge in [0.25, 0.3) is 0 Å². The van der Waals surface area contributed by atoms with Crippen molar-refractivity contribution in [1.82, 2.24) is 29.2 Å². The number of pyridine rings is 2. The Balaban J connectivity index is 0.000000212. The Morgan fingerprint density at radius 3 is 1.50 bits per heavy atom. The number of alkyl halides is 3. The second-order valence-corrected chi connectivity index (χ2v) is 32.1. The zero-order chi connectivity index (χ0) is 77.1. The lowest BCUT2D eigenvalue weighted by Crippen LogP contribution is -2.51. The molecule has 2 aromatic heterocycles. The zero-order valence-corrected chi connectivity index (χ0v) is 63.8. The highest BCUT2D eigenvalue weighted by Crippen LogP contribution is 2.39. The number of carbonyl (C=O) groups is 2. The first kappa shape index (κ1) is 82.6. The Labute approximate surface area is 634 Å². The van der Waals surface area contributed by atoms with Gasteiger partial charge >= 0.3 is 18.4 Å². The van der Waals surface area contributed by atoms with Gasteiger partial charge in [0.2, 0.25) is 33.6 Å². The minimum absolute atomic E-state index is 0.0128. The molecule has 0 saturated carbocycles. The molecule has 6 aliphatic heterocycles. The van der Waals surface area contributed by atoms with Gasteiger partial charge in [-0.15, -0.1) is 0 Å². The summed E-state index contributed by atoms with van der Waals surface area (Å²) in [6.45, 7) is 12.3. The lowest BCUT2D eigenvalue weighted by molar-refractivity contribution is -0.137. The molecule has 28 nitrogen and oxygen atoms in total. The summed E-state index contributed by atoms with van der Waals surface area (Å²) in [5, 5.41) is 31.8. The summed E-state index contributed by atoms with van der Waals surface area (Å²) >= 11 is 3.23.